The summed E-state index contributed by atoms with van der Waals surface area (Å²) in [5.74, 6) is -1.16. The highest BCUT2D eigenvalue weighted by atomic mass is 19.4. The van der Waals surface area contributed by atoms with Crippen molar-refractivity contribution in [3.05, 3.63) is 0 Å². The van der Waals surface area contributed by atoms with Crippen LogP contribution < -0.4 is 0 Å². The van der Waals surface area contributed by atoms with Crippen molar-refractivity contribution in [2.75, 3.05) is 6.61 Å². The van der Waals surface area contributed by atoms with Gasteiger partial charge in [0, 0.05) is 12.8 Å². The first-order valence-corrected chi connectivity index (χ1v) is 6.58. The summed E-state index contributed by atoms with van der Waals surface area (Å²) >= 11 is 0. The molecular formula is C13H21F3O4. The van der Waals surface area contributed by atoms with Crippen LogP contribution >= 0.6 is 0 Å². The van der Waals surface area contributed by atoms with Crippen molar-refractivity contribution >= 4 is 11.9 Å². The van der Waals surface area contributed by atoms with E-state index in [-0.39, 0.29) is 25.2 Å². The summed E-state index contributed by atoms with van der Waals surface area (Å²) < 4.78 is 45.5. The molecule has 0 spiro atoms. The van der Waals surface area contributed by atoms with Gasteiger partial charge in [-0.25, -0.2) is 0 Å². The van der Waals surface area contributed by atoms with Gasteiger partial charge in [0.15, 0.2) is 6.10 Å². The van der Waals surface area contributed by atoms with E-state index in [4.69, 9.17) is 4.74 Å². The van der Waals surface area contributed by atoms with Crippen LogP contribution in [0.25, 0.3) is 0 Å². The standard InChI is InChI=1S/C13H21F3O4/c1-4-9(2)8-19-11(17)6-5-7-12(18)20-10(3)13(14,15)16/h9-10H,4-8H2,1-3H3. The van der Waals surface area contributed by atoms with Gasteiger partial charge in [0.25, 0.3) is 0 Å². The van der Waals surface area contributed by atoms with Gasteiger partial charge in [-0.15, -0.1) is 0 Å². The molecule has 0 fully saturated rings. The average Bonchev–Trinajstić information content (AvgIpc) is 2.34. The Morgan fingerprint density at radius 3 is 2.15 bits per heavy atom. The minimum absolute atomic E-state index is 0.00800. The van der Waals surface area contributed by atoms with Crippen LogP contribution in [-0.4, -0.2) is 30.8 Å². The summed E-state index contributed by atoms with van der Waals surface area (Å²) in [7, 11) is 0. The summed E-state index contributed by atoms with van der Waals surface area (Å²) in [6.07, 6.45) is -5.94. The van der Waals surface area contributed by atoms with E-state index < -0.39 is 24.2 Å². The number of alkyl halides is 3. The lowest BCUT2D eigenvalue weighted by molar-refractivity contribution is -0.216. The molecule has 0 amide bonds. The van der Waals surface area contributed by atoms with E-state index in [0.717, 1.165) is 13.3 Å². The maximum absolute atomic E-state index is 12.1. The topological polar surface area (TPSA) is 52.6 Å². The van der Waals surface area contributed by atoms with Crippen LogP contribution in [0.1, 0.15) is 46.5 Å². The number of ether oxygens (including phenoxy) is 2. The second-order valence-corrected chi connectivity index (χ2v) is 4.72. The summed E-state index contributed by atoms with van der Waals surface area (Å²) in [6.45, 7) is 4.97. The van der Waals surface area contributed by atoms with E-state index in [1.165, 1.54) is 0 Å². The highest BCUT2D eigenvalue weighted by molar-refractivity contribution is 5.72. The van der Waals surface area contributed by atoms with Gasteiger partial charge in [0.1, 0.15) is 0 Å². The molecule has 20 heavy (non-hydrogen) atoms. The molecule has 0 bridgehead atoms. The maximum atomic E-state index is 12.1. The molecule has 2 unspecified atom stereocenters. The Bertz CT molecular complexity index is 315. The van der Waals surface area contributed by atoms with Crippen LogP contribution in [0, 0.1) is 5.92 Å². The van der Waals surface area contributed by atoms with Gasteiger partial charge in [-0.3, -0.25) is 9.59 Å². The van der Waals surface area contributed by atoms with Gasteiger partial charge in [0.2, 0.25) is 0 Å². The zero-order chi connectivity index (χ0) is 15.8. The molecule has 118 valence electrons. The lowest BCUT2D eigenvalue weighted by Gasteiger charge is -2.16. The van der Waals surface area contributed by atoms with Gasteiger partial charge in [-0.2, -0.15) is 13.2 Å². The first kappa shape index (κ1) is 18.7. The first-order valence-electron chi connectivity index (χ1n) is 6.58. The van der Waals surface area contributed by atoms with Gasteiger partial charge >= 0.3 is 18.1 Å². The smallest absolute Gasteiger partial charge is 0.425 e. The molecule has 0 rings (SSSR count). The van der Waals surface area contributed by atoms with Crippen LogP contribution in [0.15, 0.2) is 0 Å². The first-order chi connectivity index (χ1) is 9.16. The van der Waals surface area contributed by atoms with E-state index >= 15 is 0 Å². The Labute approximate surface area is 116 Å². The third kappa shape index (κ3) is 8.77. The Kier molecular flexibility index (Phi) is 8.25. The van der Waals surface area contributed by atoms with Gasteiger partial charge in [0.05, 0.1) is 6.61 Å². The third-order valence-electron chi connectivity index (χ3n) is 2.76. The minimum atomic E-state index is -4.56. The molecule has 7 heteroatoms. The number of carbonyl (C=O) groups is 2. The third-order valence-corrected chi connectivity index (χ3v) is 2.76. The van der Waals surface area contributed by atoms with Gasteiger partial charge < -0.3 is 9.47 Å². The average molecular weight is 298 g/mol. The second-order valence-electron chi connectivity index (χ2n) is 4.72. The molecule has 4 nitrogen and oxygen atoms in total. The lowest BCUT2D eigenvalue weighted by Crippen LogP contribution is -2.30. The molecule has 0 aromatic carbocycles. The van der Waals surface area contributed by atoms with Crippen LogP contribution in [0.4, 0.5) is 13.2 Å². The van der Waals surface area contributed by atoms with Crippen molar-refractivity contribution in [2.45, 2.75) is 58.7 Å². The fourth-order valence-corrected chi connectivity index (χ4v) is 1.13. The molecule has 0 aliphatic carbocycles. The van der Waals surface area contributed by atoms with Crippen LogP contribution in [-0.2, 0) is 19.1 Å². The van der Waals surface area contributed by atoms with Crippen molar-refractivity contribution in [3.63, 3.8) is 0 Å². The van der Waals surface area contributed by atoms with Crippen molar-refractivity contribution in [3.8, 4) is 0 Å². The number of esters is 2. The molecule has 0 aliphatic rings. The second kappa shape index (κ2) is 8.81. The molecule has 0 radical (unpaired) electrons. The maximum Gasteiger partial charge on any atom is 0.425 e. The highest BCUT2D eigenvalue weighted by Gasteiger charge is 2.38. The van der Waals surface area contributed by atoms with Crippen molar-refractivity contribution in [2.24, 2.45) is 5.92 Å². The Balaban J connectivity index is 3.79. The van der Waals surface area contributed by atoms with Gasteiger partial charge in [-0.05, 0) is 19.3 Å². The van der Waals surface area contributed by atoms with E-state index in [1.54, 1.807) is 0 Å². The highest BCUT2D eigenvalue weighted by Crippen LogP contribution is 2.22. The molecule has 0 heterocycles. The molecule has 0 saturated carbocycles. The predicted molar refractivity (Wildman–Crippen MR) is 65.9 cm³/mol. The number of rotatable bonds is 8. The molecule has 0 saturated heterocycles. The quantitative estimate of drug-likeness (QED) is 0.646. The predicted octanol–water partition coefficient (Wildman–Crippen LogP) is 3.24. The zero-order valence-corrected chi connectivity index (χ0v) is 12.0. The van der Waals surface area contributed by atoms with E-state index in [2.05, 4.69) is 4.74 Å². The van der Waals surface area contributed by atoms with E-state index in [0.29, 0.717) is 6.61 Å². The van der Waals surface area contributed by atoms with E-state index in [1.807, 2.05) is 13.8 Å². The number of hydrogen-bond acceptors (Lipinski definition) is 4. The monoisotopic (exact) mass is 298 g/mol. The molecule has 0 aliphatic heterocycles. The molecule has 0 aromatic heterocycles. The lowest BCUT2D eigenvalue weighted by atomic mass is 10.1. The van der Waals surface area contributed by atoms with E-state index in [9.17, 15) is 22.8 Å². The summed E-state index contributed by atoms with van der Waals surface area (Å²) in [5.41, 5.74) is 0. The fraction of sp³-hybridized carbons (Fsp3) is 0.846. The largest absolute Gasteiger partial charge is 0.465 e. The normalized spacial score (nSPS) is 14.5. The summed E-state index contributed by atoms with van der Waals surface area (Å²) in [6, 6.07) is 0. The number of carbonyl (C=O) groups excluding carboxylic acids is 2. The van der Waals surface area contributed by atoms with Gasteiger partial charge in [-0.1, -0.05) is 20.3 Å². The summed E-state index contributed by atoms with van der Waals surface area (Å²) in [5, 5.41) is 0. The zero-order valence-electron chi connectivity index (χ0n) is 12.0. The Hall–Kier alpha value is -1.27. The van der Waals surface area contributed by atoms with Crippen LogP contribution in [0.5, 0.6) is 0 Å². The van der Waals surface area contributed by atoms with Crippen molar-refractivity contribution < 1.29 is 32.2 Å². The molecule has 0 N–H and O–H groups in total. The van der Waals surface area contributed by atoms with Crippen molar-refractivity contribution in [1.82, 2.24) is 0 Å². The number of hydrogen-bond donors (Lipinski definition) is 0. The van der Waals surface area contributed by atoms with Crippen molar-refractivity contribution in [1.29, 1.82) is 0 Å². The Morgan fingerprint density at radius 1 is 1.10 bits per heavy atom. The minimum Gasteiger partial charge on any atom is -0.465 e. The molecule has 2 atom stereocenters. The molecule has 0 aromatic rings. The SMILES string of the molecule is CCC(C)COC(=O)CCCC(=O)OC(C)C(F)(F)F. The van der Waals surface area contributed by atoms with Crippen LogP contribution in [0.3, 0.4) is 0 Å². The molecular weight excluding hydrogens is 277 g/mol. The van der Waals surface area contributed by atoms with Crippen LogP contribution in [0.2, 0.25) is 0 Å². The Morgan fingerprint density at radius 2 is 1.65 bits per heavy atom. The number of halogens is 3. The summed E-state index contributed by atoms with van der Waals surface area (Å²) in [4.78, 5) is 22.4. The fourth-order valence-electron chi connectivity index (χ4n) is 1.13.